The second kappa shape index (κ2) is 9.32. The number of hydrogen-bond donors (Lipinski definition) is 2. The molecular weight excluding hydrogens is 465 g/mol. The van der Waals surface area contributed by atoms with E-state index in [0.29, 0.717) is 6.54 Å². The number of thiophene rings is 1. The van der Waals surface area contributed by atoms with E-state index in [1.165, 1.54) is 5.56 Å². The summed E-state index contributed by atoms with van der Waals surface area (Å²) in [6, 6.07) is 2.11. The van der Waals surface area contributed by atoms with Crippen molar-refractivity contribution in [3.05, 3.63) is 20.8 Å². The van der Waals surface area contributed by atoms with Crippen LogP contribution in [0.4, 0.5) is 0 Å². The summed E-state index contributed by atoms with van der Waals surface area (Å²) in [5.41, 5.74) is 1.17. The van der Waals surface area contributed by atoms with Gasteiger partial charge in [-0.1, -0.05) is 0 Å². The molecule has 1 atom stereocenters. The molecule has 0 amide bonds. The first-order chi connectivity index (χ1) is 9.61. The van der Waals surface area contributed by atoms with Crippen molar-refractivity contribution in [2.75, 3.05) is 19.7 Å². The van der Waals surface area contributed by atoms with Crippen LogP contribution < -0.4 is 10.6 Å². The minimum Gasteiger partial charge on any atom is -0.373 e. The summed E-state index contributed by atoms with van der Waals surface area (Å²) in [5, 5.41) is 8.79. The molecule has 1 unspecified atom stereocenters. The van der Waals surface area contributed by atoms with E-state index in [1.807, 2.05) is 0 Å². The summed E-state index contributed by atoms with van der Waals surface area (Å²) >= 11 is 5.16. The Morgan fingerprint density at radius 1 is 1.52 bits per heavy atom. The van der Waals surface area contributed by atoms with E-state index in [2.05, 4.69) is 56.8 Å². The standard InChI is InChI=1S/C14H22BrN3OS.HI/c1-3-16-13(17-8-11-7-12(15)20-9-11)18-10-14(2)5-4-6-19-14;/h7,9H,3-6,8,10H2,1-2H3,(H2,16,17,18);1H. The lowest BCUT2D eigenvalue weighted by molar-refractivity contribution is 0.0243. The molecule has 2 heterocycles. The Hall–Kier alpha value is 0.140. The van der Waals surface area contributed by atoms with Gasteiger partial charge in [-0.15, -0.1) is 35.3 Å². The molecule has 21 heavy (non-hydrogen) atoms. The molecule has 0 aliphatic carbocycles. The molecule has 120 valence electrons. The Bertz CT molecular complexity index is 461. The lowest BCUT2D eigenvalue weighted by atomic mass is 10.0. The predicted molar refractivity (Wildman–Crippen MR) is 104 cm³/mol. The first kappa shape index (κ1) is 19.2. The Kier molecular flexibility index (Phi) is 8.51. The van der Waals surface area contributed by atoms with Gasteiger partial charge in [0.05, 0.1) is 15.9 Å². The molecule has 1 aliphatic rings. The topological polar surface area (TPSA) is 45.7 Å². The highest BCUT2D eigenvalue weighted by Gasteiger charge is 2.29. The van der Waals surface area contributed by atoms with Crippen LogP contribution in [0.15, 0.2) is 20.2 Å². The van der Waals surface area contributed by atoms with Gasteiger partial charge in [-0.3, -0.25) is 0 Å². The summed E-state index contributed by atoms with van der Waals surface area (Å²) in [5.74, 6) is 0.853. The first-order valence-electron chi connectivity index (χ1n) is 7.00. The monoisotopic (exact) mass is 487 g/mol. The van der Waals surface area contributed by atoms with Gasteiger partial charge in [0, 0.05) is 19.7 Å². The van der Waals surface area contributed by atoms with Crippen molar-refractivity contribution in [2.24, 2.45) is 4.99 Å². The largest absolute Gasteiger partial charge is 0.373 e. The van der Waals surface area contributed by atoms with Crippen molar-refractivity contribution in [2.45, 2.75) is 38.8 Å². The van der Waals surface area contributed by atoms with E-state index < -0.39 is 0 Å². The van der Waals surface area contributed by atoms with E-state index in [4.69, 9.17) is 4.74 Å². The van der Waals surface area contributed by atoms with E-state index >= 15 is 0 Å². The number of nitrogens with zero attached hydrogens (tertiary/aromatic N) is 1. The Morgan fingerprint density at radius 2 is 2.33 bits per heavy atom. The van der Waals surface area contributed by atoms with Crippen LogP contribution in [0.2, 0.25) is 0 Å². The smallest absolute Gasteiger partial charge is 0.191 e. The molecule has 0 saturated carbocycles. The van der Waals surface area contributed by atoms with Crippen molar-refractivity contribution in [1.82, 2.24) is 10.6 Å². The molecule has 2 rings (SSSR count). The van der Waals surface area contributed by atoms with Crippen LogP contribution in [0.5, 0.6) is 0 Å². The molecule has 0 bridgehead atoms. The van der Waals surface area contributed by atoms with Crippen molar-refractivity contribution in [3.63, 3.8) is 0 Å². The summed E-state index contributed by atoms with van der Waals surface area (Å²) in [7, 11) is 0. The lowest BCUT2D eigenvalue weighted by Gasteiger charge is -2.24. The fourth-order valence-electron chi connectivity index (χ4n) is 2.19. The van der Waals surface area contributed by atoms with Gasteiger partial charge in [0.1, 0.15) is 0 Å². The zero-order valence-electron chi connectivity index (χ0n) is 12.4. The van der Waals surface area contributed by atoms with E-state index in [0.717, 1.165) is 42.3 Å². The second-order valence-electron chi connectivity index (χ2n) is 5.21. The van der Waals surface area contributed by atoms with Gasteiger partial charge in [0.25, 0.3) is 0 Å². The molecule has 4 nitrogen and oxygen atoms in total. The van der Waals surface area contributed by atoms with Gasteiger partial charge in [-0.25, -0.2) is 4.99 Å². The summed E-state index contributed by atoms with van der Waals surface area (Å²) in [4.78, 5) is 4.61. The first-order valence-corrected chi connectivity index (χ1v) is 8.67. The summed E-state index contributed by atoms with van der Waals surface area (Å²) in [6.07, 6.45) is 2.26. The Labute approximate surface area is 156 Å². The maximum Gasteiger partial charge on any atom is 0.191 e. The molecule has 1 fully saturated rings. The van der Waals surface area contributed by atoms with Crippen molar-refractivity contribution >= 4 is 57.2 Å². The normalized spacial score (nSPS) is 22.0. The molecule has 1 aromatic heterocycles. The average molecular weight is 488 g/mol. The van der Waals surface area contributed by atoms with Gasteiger partial charge in [-0.2, -0.15) is 0 Å². The van der Waals surface area contributed by atoms with Gasteiger partial charge >= 0.3 is 0 Å². The van der Waals surface area contributed by atoms with E-state index in [1.54, 1.807) is 11.3 Å². The average Bonchev–Trinajstić information content (AvgIpc) is 3.03. The summed E-state index contributed by atoms with van der Waals surface area (Å²) in [6.45, 7) is 7.45. The minimum atomic E-state index is -0.0540. The molecule has 2 N–H and O–H groups in total. The van der Waals surface area contributed by atoms with Gasteiger partial charge in [-0.05, 0) is 59.6 Å². The highest BCUT2D eigenvalue weighted by molar-refractivity contribution is 14.0. The zero-order valence-corrected chi connectivity index (χ0v) is 17.2. The molecule has 1 aliphatic heterocycles. The molecule has 1 aromatic rings. The number of hydrogen-bond acceptors (Lipinski definition) is 3. The molecule has 0 radical (unpaired) electrons. The SMILES string of the molecule is CCNC(=NCc1csc(Br)c1)NCC1(C)CCCO1.I. The zero-order chi connectivity index (χ0) is 14.4. The fourth-order valence-corrected chi connectivity index (χ4v) is 3.39. The third-order valence-electron chi connectivity index (χ3n) is 3.32. The lowest BCUT2D eigenvalue weighted by Crippen LogP contribution is -2.45. The quantitative estimate of drug-likeness (QED) is 0.377. The predicted octanol–water partition coefficient (Wildman–Crippen LogP) is 3.75. The number of halogens is 2. The van der Waals surface area contributed by atoms with Crippen LogP contribution in [0, 0.1) is 0 Å². The number of nitrogens with one attached hydrogen (secondary N) is 2. The van der Waals surface area contributed by atoms with Gasteiger partial charge < -0.3 is 15.4 Å². The van der Waals surface area contributed by atoms with E-state index in [-0.39, 0.29) is 29.6 Å². The number of ether oxygens (including phenoxy) is 1. The number of aliphatic imine (C=N–C) groups is 1. The number of guanidine groups is 1. The second-order valence-corrected chi connectivity index (χ2v) is 7.50. The third-order valence-corrected chi connectivity index (χ3v) is 4.87. The van der Waals surface area contributed by atoms with Gasteiger partial charge in [0.15, 0.2) is 5.96 Å². The molecule has 0 spiro atoms. The van der Waals surface area contributed by atoms with Gasteiger partial charge in [0.2, 0.25) is 0 Å². The van der Waals surface area contributed by atoms with Crippen molar-refractivity contribution < 1.29 is 4.74 Å². The third kappa shape index (κ3) is 6.42. The summed E-state index contributed by atoms with van der Waals surface area (Å²) < 4.78 is 6.93. The fraction of sp³-hybridized carbons (Fsp3) is 0.643. The number of rotatable bonds is 5. The van der Waals surface area contributed by atoms with Crippen LogP contribution in [-0.4, -0.2) is 31.3 Å². The van der Waals surface area contributed by atoms with Crippen molar-refractivity contribution in [3.8, 4) is 0 Å². The minimum absolute atomic E-state index is 0. The van der Waals surface area contributed by atoms with Crippen LogP contribution in [-0.2, 0) is 11.3 Å². The maximum absolute atomic E-state index is 5.79. The Morgan fingerprint density at radius 3 is 2.90 bits per heavy atom. The maximum atomic E-state index is 5.79. The highest BCUT2D eigenvalue weighted by Crippen LogP contribution is 2.24. The molecule has 7 heteroatoms. The van der Waals surface area contributed by atoms with Crippen LogP contribution in [0.1, 0.15) is 32.3 Å². The van der Waals surface area contributed by atoms with E-state index in [9.17, 15) is 0 Å². The van der Waals surface area contributed by atoms with Crippen LogP contribution in [0.25, 0.3) is 0 Å². The molecule has 1 saturated heterocycles. The van der Waals surface area contributed by atoms with Crippen molar-refractivity contribution in [1.29, 1.82) is 0 Å². The van der Waals surface area contributed by atoms with Crippen LogP contribution in [0.3, 0.4) is 0 Å². The van der Waals surface area contributed by atoms with Crippen LogP contribution >= 0.6 is 51.2 Å². The molecule has 0 aromatic carbocycles. The Balaban J connectivity index is 0.00000220. The highest BCUT2D eigenvalue weighted by atomic mass is 127. The molecular formula is C14H23BrIN3OS.